The van der Waals surface area contributed by atoms with E-state index in [1.54, 1.807) is 0 Å². The Morgan fingerprint density at radius 1 is 1.60 bits per heavy atom. The zero-order valence-corrected chi connectivity index (χ0v) is 6.80. The number of terminal acetylenes is 1. The second-order valence-corrected chi connectivity index (χ2v) is 2.66. The fourth-order valence-corrected chi connectivity index (χ4v) is 0.774. The molecule has 0 aliphatic heterocycles. The number of hydrogen-bond donors (Lipinski definition) is 1. The highest BCUT2D eigenvalue weighted by molar-refractivity contribution is 4.93. The molecule has 0 aromatic heterocycles. The van der Waals surface area contributed by atoms with Crippen LogP contribution in [-0.4, -0.2) is 11.2 Å². The molecule has 0 saturated carbocycles. The van der Waals surface area contributed by atoms with Crippen molar-refractivity contribution in [1.29, 1.82) is 0 Å². The molecule has 0 radical (unpaired) electrons. The number of unbranched alkanes of at least 4 members (excludes halogenated alkanes) is 1. The molecular weight excluding hydrogens is 124 g/mol. The van der Waals surface area contributed by atoms with Crippen LogP contribution in [0.3, 0.4) is 0 Å². The molecule has 0 bridgehead atoms. The van der Waals surface area contributed by atoms with Gasteiger partial charge >= 0.3 is 0 Å². The molecule has 0 rings (SSSR count). The van der Waals surface area contributed by atoms with Crippen LogP contribution in [0.2, 0.25) is 0 Å². The minimum atomic E-state index is -0.301. The molecule has 0 heterocycles. The highest BCUT2D eigenvalue weighted by Crippen LogP contribution is 2.08. The smallest absolute Gasteiger partial charge is 0.0674 e. The van der Waals surface area contributed by atoms with Crippen LogP contribution in [0.25, 0.3) is 0 Å². The highest BCUT2D eigenvalue weighted by Gasteiger charge is 2.09. The van der Waals surface area contributed by atoms with Gasteiger partial charge in [-0.2, -0.15) is 0 Å². The van der Waals surface area contributed by atoms with Crippen LogP contribution in [0.1, 0.15) is 33.1 Å². The Morgan fingerprint density at radius 2 is 2.20 bits per heavy atom. The Balaban J connectivity index is 3.43. The third kappa shape index (κ3) is 3.53. The summed E-state index contributed by atoms with van der Waals surface area (Å²) in [5.41, 5.74) is 0. The fourth-order valence-electron chi connectivity index (χ4n) is 0.774. The van der Waals surface area contributed by atoms with Crippen molar-refractivity contribution >= 4 is 0 Å². The Kier molecular flexibility index (Phi) is 5.06. The molecule has 0 spiro atoms. The summed E-state index contributed by atoms with van der Waals surface area (Å²) in [5.74, 6) is 2.53. The van der Waals surface area contributed by atoms with Gasteiger partial charge in [0.05, 0.1) is 6.10 Å². The lowest BCUT2D eigenvalue weighted by Gasteiger charge is -2.11. The Labute approximate surface area is 63.5 Å². The van der Waals surface area contributed by atoms with Crippen molar-refractivity contribution in [3.63, 3.8) is 0 Å². The first-order valence-corrected chi connectivity index (χ1v) is 3.86. The van der Waals surface area contributed by atoms with E-state index in [-0.39, 0.29) is 12.0 Å². The third-order valence-electron chi connectivity index (χ3n) is 1.69. The fraction of sp³-hybridized carbons (Fsp3) is 0.778. The standard InChI is InChI=1S/C9H16O/c1-4-6-7-9(10)8(3)5-2/h2,8-10H,4,6-7H2,1,3H3/t8-,9+/m1/s1. The van der Waals surface area contributed by atoms with Gasteiger partial charge in [-0.15, -0.1) is 12.3 Å². The molecule has 0 aliphatic rings. The molecule has 0 fully saturated rings. The average molecular weight is 140 g/mol. The summed E-state index contributed by atoms with van der Waals surface area (Å²) in [6.45, 7) is 3.98. The van der Waals surface area contributed by atoms with Crippen molar-refractivity contribution in [3.05, 3.63) is 0 Å². The number of aliphatic hydroxyl groups excluding tert-OH is 1. The van der Waals surface area contributed by atoms with E-state index in [0.29, 0.717) is 0 Å². The minimum absolute atomic E-state index is 0.00606. The maximum absolute atomic E-state index is 9.31. The van der Waals surface area contributed by atoms with Gasteiger partial charge in [-0.1, -0.05) is 19.8 Å². The van der Waals surface area contributed by atoms with E-state index in [4.69, 9.17) is 6.42 Å². The zero-order chi connectivity index (χ0) is 7.98. The van der Waals surface area contributed by atoms with Crippen LogP contribution in [0.4, 0.5) is 0 Å². The molecule has 1 N–H and O–H groups in total. The van der Waals surface area contributed by atoms with Crippen LogP contribution < -0.4 is 0 Å². The zero-order valence-electron chi connectivity index (χ0n) is 6.80. The van der Waals surface area contributed by atoms with Crippen LogP contribution in [0, 0.1) is 18.3 Å². The molecule has 58 valence electrons. The summed E-state index contributed by atoms with van der Waals surface area (Å²) in [6.07, 6.45) is 7.85. The molecular formula is C9H16O. The van der Waals surface area contributed by atoms with E-state index in [9.17, 15) is 5.11 Å². The van der Waals surface area contributed by atoms with Crippen LogP contribution >= 0.6 is 0 Å². The van der Waals surface area contributed by atoms with E-state index in [1.165, 1.54) is 0 Å². The predicted molar refractivity (Wildman–Crippen MR) is 43.5 cm³/mol. The number of aliphatic hydroxyl groups is 1. The summed E-state index contributed by atoms with van der Waals surface area (Å²) in [7, 11) is 0. The molecule has 0 saturated heterocycles. The lowest BCUT2D eigenvalue weighted by Crippen LogP contribution is -2.15. The minimum Gasteiger partial charge on any atom is -0.392 e. The van der Waals surface area contributed by atoms with Crippen molar-refractivity contribution in [2.75, 3.05) is 0 Å². The van der Waals surface area contributed by atoms with Gasteiger partial charge in [0.15, 0.2) is 0 Å². The van der Waals surface area contributed by atoms with Crippen molar-refractivity contribution in [2.45, 2.75) is 39.2 Å². The maximum atomic E-state index is 9.31. The molecule has 1 nitrogen and oxygen atoms in total. The highest BCUT2D eigenvalue weighted by atomic mass is 16.3. The summed E-state index contributed by atoms with van der Waals surface area (Å²) in [4.78, 5) is 0. The molecule has 0 unspecified atom stereocenters. The van der Waals surface area contributed by atoms with Crippen LogP contribution in [-0.2, 0) is 0 Å². The maximum Gasteiger partial charge on any atom is 0.0674 e. The summed E-state index contributed by atoms with van der Waals surface area (Å²) < 4.78 is 0. The number of hydrogen-bond acceptors (Lipinski definition) is 1. The van der Waals surface area contributed by atoms with Gasteiger partial charge < -0.3 is 5.11 Å². The van der Waals surface area contributed by atoms with E-state index in [2.05, 4.69) is 12.8 Å². The molecule has 1 heteroatoms. The second kappa shape index (κ2) is 5.32. The first kappa shape index (κ1) is 9.52. The predicted octanol–water partition coefficient (Wildman–Crippen LogP) is 1.81. The summed E-state index contributed by atoms with van der Waals surface area (Å²) in [6, 6.07) is 0. The molecule has 0 amide bonds. The SMILES string of the molecule is C#C[C@@H](C)[C@@H](O)CCCC. The third-order valence-corrected chi connectivity index (χ3v) is 1.69. The molecule has 10 heavy (non-hydrogen) atoms. The van der Waals surface area contributed by atoms with Crippen LogP contribution in [0.5, 0.6) is 0 Å². The molecule has 0 aromatic carbocycles. The van der Waals surface area contributed by atoms with Gasteiger partial charge in [-0.25, -0.2) is 0 Å². The first-order chi connectivity index (χ1) is 4.72. The van der Waals surface area contributed by atoms with Gasteiger partial charge in [0, 0.05) is 5.92 Å². The van der Waals surface area contributed by atoms with Gasteiger partial charge in [-0.3, -0.25) is 0 Å². The number of rotatable bonds is 4. The summed E-state index contributed by atoms with van der Waals surface area (Å²) >= 11 is 0. The van der Waals surface area contributed by atoms with Gasteiger partial charge in [0.2, 0.25) is 0 Å². The average Bonchev–Trinajstić information content (AvgIpc) is 1.98. The topological polar surface area (TPSA) is 20.2 Å². The van der Waals surface area contributed by atoms with Crippen molar-refractivity contribution < 1.29 is 5.11 Å². The van der Waals surface area contributed by atoms with Crippen LogP contribution in [0.15, 0.2) is 0 Å². The van der Waals surface area contributed by atoms with Crippen molar-refractivity contribution in [3.8, 4) is 12.3 Å². The molecule has 0 aromatic rings. The largest absolute Gasteiger partial charge is 0.392 e. The quantitative estimate of drug-likeness (QED) is 0.590. The lowest BCUT2D eigenvalue weighted by molar-refractivity contribution is 0.129. The monoisotopic (exact) mass is 140 g/mol. The second-order valence-electron chi connectivity index (χ2n) is 2.66. The Hall–Kier alpha value is -0.480. The van der Waals surface area contributed by atoms with E-state index in [0.717, 1.165) is 19.3 Å². The van der Waals surface area contributed by atoms with E-state index in [1.807, 2.05) is 6.92 Å². The van der Waals surface area contributed by atoms with Gasteiger partial charge in [0.1, 0.15) is 0 Å². The molecule has 2 atom stereocenters. The normalized spacial score (nSPS) is 15.8. The van der Waals surface area contributed by atoms with Gasteiger partial charge in [0.25, 0.3) is 0 Å². The van der Waals surface area contributed by atoms with Gasteiger partial charge in [-0.05, 0) is 13.3 Å². The Morgan fingerprint density at radius 3 is 2.60 bits per heavy atom. The Bertz CT molecular complexity index is 112. The first-order valence-electron chi connectivity index (χ1n) is 3.86. The van der Waals surface area contributed by atoms with Crippen molar-refractivity contribution in [1.82, 2.24) is 0 Å². The van der Waals surface area contributed by atoms with E-state index >= 15 is 0 Å². The molecule has 0 aliphatic carbocycles. The summed E-state index contributed by atoms with van der Waals surface area (Å²) in [5, 5.41) is 9.31. The van der Waals surface area contributed by atoms with E-state index < -0.39 is 0 Å². The van der Waals surface area contributed by atoms with Crippen molar-refractivity contribution in [2.24, 2.45) is 5.92 Å². The lowest BCUT2D eigenvalue weighted by atomic mass is 10.0.